The molecule has 0 aliphatic carbocycles. The first-order valence-corrected chi connectivity index (χ1v) is 10.6. The van der Waals surface area contributed by atoms with E-state index in [-0.39, 0.29) is 17.0 Å². The van der Waals surface area contributed by atoms with Crippen molar-refractivity contribution >= 4 is 34.7 Å². The van der Waals surface area contributed by atoms with Crippen LogP contribution in [0.5, 0.6) is 5.75 Å². The summed E-state index contributed by atoms with van der Waals surface area (Å²) in [5.41, 5.74) is 14.5. The van der Waals surface area contributed by atoms with Crippen molar-refractivity contribution < 1.29 is 9.53 Å². The zero-order chi connectivity index (χ0) is 23.0. The smallest absolute Gasteiger partial charge is 0.274 e. The summed E-state index contributed by atoms with van der Waals surface area (Å²) in [5.74, 6) is -0.749. The van der Waals surface area contributed by atoms with Crippen LogP contribution in [-0.2, 0) is 4.79 Å². The van der Waals surface area contributed by atoms with Crippen molar-refractivity contribution in [3.05, 3.63) is 90.3 Å². The highest BCUT2D eigenvalue weighted by atomic mass is 32.1. The van der Waals surface area contributed by atoms with Crippen molar-refractivity contribution in [3.8, 4) is 11.8 Å². The second-order valence-corrected chi connectivity index (χ2v) is 8.39. The number of hydrogen-bond donors (Lipinski definition) is 2. The number of fused-ring (bicyclic) bond motifs is 1. The van der Waals surface area contributed by atoms with Crippen molar-refractivity contribution in [1.29, 1.82) is 5.26 Å². The van der Waals surface area contributed by atoms with Gasteiger partial charge in [-0.3, -0.25) is 14.2 Å². The van der Waals surface area contributed by atoms with Gasteiger partial charge in [0, 0.05) is 0 Å². The molecule has 8 heteroatoms. The van der Waals surface area contributed by atoms with Gasteiger partial charge in [-0.2, -0.15) is 5.26 Å². The Morgan fingerprint density at radius 1 is 1.19 bits per heavy atom. The summed E-state index contributed by atoms with van der Waals surface area (Å²) in [4.78, 5) is 25.8. The van der Waals surface area contributed by atoms with Crippen molar-refractivity contribution in [2.45, 2.75) is 12.8 Å². The fourth-order valence-corrected chi connectivity index (χ4v) is 4.91. The molecule has 2 heterocycles. The number of thiazole rings is 1. The van der Waals surface area contributed by atoms with E-state index in [0.29, 0.717) is 20.5 Å². The molecule has 1 aliphatic rings. The number of allylic oxidation sites excluding steroid dienone is 1. The number of benzene rings is 2. The number of primary amides is 1. The maximum atomic E-state index is 13.2. The summed E-state index contributed by atoms with van der Waals surface area (Å²) in [6, 6.07) is 16.7. The van der Waals surface area contributed by atoms with Crippen LogP contribution >= 0.6 is 11.3 Å². The summed E-state index contributed by atoms with van der Waals surface area (Å²) in [6.45, 7) is 1.94. The van der Waals surface area contributed by atoms with Crippen LogP contribution in [0.2, 0.25) is 0 Å². The van der Waals surface area contributed by atoms with Gasteiger partial charge >= 0.3 is 0 Å². The number of nitrogens with two attached hydrogens (primary N) is 2. The van der Waals surface area contributed by atoms with E-state index in [0.717, 1.165) is 22.5 Å². The molecule has 3 aromatic rings. The minimum absolute atomic E-state index is 0.00806. The number of nitrogens with zero attached hydrogens (tertiary/aromatic N) is 2. The van der Waals surface area contributed by atoms with Crippen LogP contribution in [0.15, 0.2) is 58.9 Å². The number of ether oxygens (including phenoxy) is 1. The lowest BCUT2D eigenvalue weighted by atomic mass is 9.83. The van der Waals surface area contributed by atoms with Crippen LogP contribution in [0.3, 0.4) is 0 Å². The van der Waals surface area contributed by atoms with Gasteiger partial charge in [0.15, 0.2) is 0 Å². The third-order valence-electron chi connectivity index (χ3n) is 5.36. The van der Waals surface area contributed by atoms with Crippen LogP contribution in [0.4, 0.5) is 0 Å². The Kier molecular flexibility index (Phi) is 5.43. The second-order valence-electron chi connectivity index (χ2n) is 7.36. The summed E-state index contributed by atoms with van der Waals surface area (Å²) < 4.78 is 7.08. The number of aryl methyl sites for hydroxylation is 1. The average Bonchev–Trinajstić information content (AvgIpc) is 3.10. The third kappa shape index (κ3) is 3.49. The quantitative estimate of drug-likeness (QED) is 0.624. The van der Waals surface area contributed by atoms with Gasteiger partial charge in [-0.15, -0.1) is 11.3 Å². The van der Waals surface area contributed by atoms with Gasteiger partial charge in [-0.05, 0) is 36.3 Å². The van der Waals surface area contributed by atoms with Crippen LogP contribution in [0, 0.1) is 18.3 Å². The molecule has 1 aliphatic heterocycles. The minimum atomic E-state index is -0.745. The largest absolute Gasteiger partial charge is 0.497 e. The molecule has 4 N–H and O–H groups in total. The molecule has 2 aromatic carbocycles. The van der Waals surface area contributed by atoms with Crippen molar-refractivity contribution in [2.24, 2.45) is 11.5 Å². The van der Waals surface area contributed by atoms with Gasteiger partial charge in [0.1, 0.15) is 16.2 Å². The number of hydrogen-bond acceptors (Lipinski definition) is 6. The lowest BCUT2D eigenvalue weighted by Crippen LogP contribution is -2.41. The Labute approximate surface area is 187 Å². The number of carbonyl (C=O) groups is 1. The van der Waals surface area contributed by atoms with Crippen molar-refractivity contribution in [3.63, 3.8) is 0 Å². The van der Waals surface area contributed by atoms with Gasteiger partial charge in [0.25, 0.3) is 5.56 Å². The highest BCUT2D eigenvalue weighted by molar-refractivity contribution is 7.07. The zero-order valence-electron chi connectivity index (χ0n) is 17.5. The van der Waals surface area contributed by atoms with Crippen LogP contribution in [0.25, 0.3) is 17.5 Å². The topological polar surface area (TPSA) is 124 Å². The number of aromatic nitrogens is 1. The molecule has 0 spiro atoms. The van der Waals surface area contributed by atoms with Crippen LogP contribution < -0.4 is 31.0 Å². The predicted molar refractivity (Wildman–Crippen MR) is 124 cm³/mol. The molecule has 0 fully saturated rings. The molecule has 0 radical (unpaired) electrons. The maximum Gasteiger partial charge on any atom is 0.274 e. The second kappa shape index (κ2) is 8.21. The molecule has 7 nitrogen and oxygen atoms in total. The number of carbonyl (C=O) groups excluding carboxylic acids is 1. The molecule has 160 valence electrons. The van der Waals surface area contributed by atoms with Crippen LogP contribution in [-0.4, -0.2) is 17.6 Å². The molecule has 0 bridgehead atoms. The molecular formula is C24H20N4O3S. The molecule has 0 saturated heterocycles. The number of amides is 1. The Hall–Kier alpha value is -4.09. The maximum absolute atomic E-state index is 13.2. The Balaban J connectivity index is 2.03. The van der Waals surface area contributed by atoms with E-state index in [9.17, 15) is 14.9 Å². The van der Waals surface area contributed by atoms with Gasteiger partial charge < -0.3 is 16.2 Å². The lowest BCUT2D eigenvalue weighted by molar-refractivity contribution is -0.113. The molecule has 1 atom stereocenters. The zero-order valence-corrected chi connectivity index (χ0v) is 18.3. The summed E-state index contributed by atoms with van der Waals surface area (Å²) in [7, 11) is 1.58. The summed E-state index contributed by atoms with van der Waals surface area (Å²) in [6.07, 6.45) is 1.70. The van der Waals surface area contributed by atoms with E-state index >= 15 is 0 Å². The molecule has 1 aromatic heterocycles. The molecule has 1 amide bonds. The van der Waals surface area contributed by atoms with Crippen molar-refractivity contribution in [1.82, 2.24) is 4.57 Å². The van der Waals surface area contributed by atoms with E-state index in [2.05, 4.69) is 6.07 Å². The SMILES string of the molecule is COc1ccc(/C=c2/sc3n(c2=O)C(N)=C(C#N)C(c2ccc(C)cc2)C=3C(N)=O)cc1. The first kappa shape index (κ1) is 21.2. The first-order valence-electron chi connectivity index (χ1n) is 9.74. The highest BCUT2D eigenvalue weighted by Crippen LogP contribution is 2.35. The van der Waals surface area contributed by atoms with E-state index in [1.54, 1.807) is 25.3 Å². The van der Waals surface area contributed by atoms with Gasteiger partial charge in [-0.25, -0.2) is 0 Å². The minimum Gasteiger partial charge on any atom is -0.497 e. The number of methoxy groups -OCH3 is 1. The molecule has 1 unspecified atom stereocenters. The van der Waals surface area contributed by atoms with E-state index in [1.807, 2.05) is 43.3 Å². The van der Waals surface area contributed by atoms with Crippen LogP contribution in [0.1, 0.15) is 22.6 Å². The molecule has 32 heavy (non-hydrogen) atoms. The molecule has 4 rings (SSSR count). The van der Waals surface area contributed by atoms with Gasteiger partial charge in [0.2, 0.25) is 5.91 Å². The monoisotopic (exact) mass is 444 g/mol. The predicted octanol–water partition coefficient (Wildman–Crippen LogP) is 1.14. The summed E-state index contributed by atoms with van der Waals surface area (Å²) in [5, 5.41) is 9.87. The fourth-order valence-electron chi connectivity index (χ4n) is 3.73. The number of nitriles is 1. The van der Waals surface area contributed by atoms with Gasteiger partial charge in [0.05, 0.1) is 34.8 Å². The van der Waals surface area contributed by atoms with Crippen molar-refractivity contribution in [2.75, 3.05) is 7.11 Å². The fraction of sp³-hybridized carbons (Fsp3) is 0.125. The van der Waals surface area contributed by atoms with E-state index in [4.69, 9.17) is 16.2 Å². The Morgan fingerprint density at radius 3 is 2.41 bits per heavy atom. The average molecular weight is 445 g/mol. The van der Waals surface area contributed by atoms with Gasteiger partial charge in [-0.1, -0.05) is 42.0 Å². The third-order valence-corrected chi connectivity index (χ3v) is 6.47. The molecular weight excluding hydrogens is 424 g/mol. The first-order chi connectivity index (χ1) is 15.3. The normalized spacial score (nSPS) is 16.0. The Bertz CT molecular complexity index is 1470. The standard InChI is InChI=1S/C24H20N4O3S/c1-13-3-7-15(8-4-13)19-17(12-25)21(26)28-23(30)18(32-24(28)20(19)22(27)29)11-14-5-9-16(31-2)10-6-14/h3-11,19H,26H2,1-2H3,(H2,27,29)/b18-11+. The van der Waals surface area contributed by atoms with E-state index in [1.165, 1.54) is 4.57 Å². The molecule has 0 saturated carbocycles. The lowest BCUT2D eigenvalue weighted by Gasteiger charge is -2.24. The Morgan fingerprint density at radius 2 is 1.84 bits per heavy atom. The summed E-state index contributed by atoms with van der Waals surface area (Å²) >= 11 is 1.12. The number of rotatable bonds is 4. The highest BCUT2D eigenvalue weighted by Gasteiger charge is 2.34. The van der Waals surface area contributed by atoms with E-state index < -0.39 is 17.4 Å².